The monoisotopic (exact) mass is 243 g/mol. The minimum Gasteiger partial charge on any atom is -0.487 e. The standard InChI is InChI=1S/C11H15FNO2P/c12-8-2-4-10-7(5-8)1-3-11(15-10)9(14)6-13-16/h2,4-5,9,11,13-14H,1,3,6,16H2/t9?,11-/m1/s1. The average molecular weight is 243 g/mol. The highest BCUT2D eigenvalue weighted by atomic mass is 31.0. The Kier molecular flexibility index (Phi) is 3.74. The van der Waals surface area contributed by atoms with Crippen LogP contribution >= 0.6 is 9.39 Å². The minimum atomic E-state index is -0.546. The molecule has 0 aromatic heterocycles. The predicted molar refractivity (Wildman–Crippen MR) is 62.9 cm³/mol. The maximum atomic E-state index is 13.0. The van der Waals surface area contributed by atoms with Crippen LogP contribution in [0.1, 0.15) is 12.0 Å². The van der Waals surface area contributed by atoms with Gasteiger partial charge in [-0.25, -0.2) is 4.39 Å². The van der Waals surface area contributed by atoms with Crippen molar-refractivity contribution in [1.82, 2.24) is 5.09 Å². The summed E-state index contributed by atoms with van der Waals surface area (Å²) in [6.45, 7) is 0.464. The van der Waals surface area contributed by atoms with Gasteiger partial charge in [0.05, 0.1) is 0 Å². The van der Waals surface area contributed by atoms with E-state index < -0.39 is 6.10 Å². The Morgan fingerprint density at radius 2 is 2.44 bits per heavy atom. The van der Waals surface area contributed by atoms with Crippen LogP contribution in [-0.2, 0) is 6.42 Å². The summed E-state index contributed by atoms with van der Waals surface area (Å²) in [5.74, 6) is 0.438. The number of aliphatic hydroxyl groups excluding tert-OH is 1. The molecule has 0 spiro atoms. The van der Waals surface area contributed by atoms with E-state index >= 15 is 0 Å². The Hall–Kier alpha value is -0.700. The van der Waals surface area contributed by atoms with Crippen molar-refractivity contribution in [3.8, 4) is 5.75 Å². The van der Waals surface area contributed by atoms with Crippen LogP contribution in [0.2, 0.25) is 0 Å². The molecule has 5 heteroatoms. The van der Waals surface area contributed by atoms with Crippen molar-refractivity contribution in [3.63, 3.8) is 0 Å². The summed E-state index contributed by atoms with van der Waals surface area (Å²) >= 11 is 0. The number of nitrogens with one attached hydrogen (secondary N) is 1. The number of rotatable bonds is 3. The second-order valence-electron chi connectivity index (χ2n) is 3.92. The zero-order valence-electron chi connectivity index (χ0n) is 8.82. The molecule has 3 nitrogen and oxygen atoms in total. The first-order valence-electron chi connectivity index (χ1n) is 5.27. The van der Waals surface area contributed by atoms with Gasteiger partial charge in [0, 0.05) is 6.54 Å². The number of fused-ring (bicyclic) bond motifs is 1. The smallest absolute Gasteiger partial charge is 0.126 e. The molecule has 1 aromatic rings. The molecule has 1 heterocycles. The lowest BCUT2D eigenvalue weighted by atomic mass is 9.99. The summed E-state index contributed by atoms with van der Waals surface area (Å²) in [4.78, 5) is 0. The zero-order chi connectivity index (χ0) is 11.5. The molecule has 2 unspecified atom stereocenters. The second-order valence-corrected chi connectivity index (χ2v) is 4.33. The van der Waals surface area contributed by atoms with Gasteiger partial charge in [-0.1, -0.05) is 9.39 Å². The van der Waals surface area contributed by atoms with E-state index in [4.69, 9.17) is 4.74 Å². The van der Waals surface area contributed by atoms with Crippen LogP contribution in [0.15, 0.2) is 18.2 Å². The fraction of sp³-hybridized carbons (Fsp3) is 0.455. The van der Waals surface area contributed by atoms with Gasteiger partial charge >= 0.3 is 0 Å². The first kappa shape index (κ1) is 11.8. The molecule has 0 saturated carbocycles. The van der Waals surface area contributed by atoms with Gasteiger partial charge in [-0.05, 0) is 36.6 Å². The molecule has 0 bridgehead atoms. The first-order valence-corrected chi connectivity index (χ1v) is 5.85. The Morgan fingerprint density at radius 1 is 1.62 bits per heavy atom. The van der Waals surface area contributed by atoms with Gasteiger partial charge in [0.2, 0.25) is 0 Å². The summed E-state index contributed by atoms with van der Waals surface area (Å²) in [7, 11) is 2.35. The third kappa shape index (κ3) is 2.51. The Balaban J connectivity index is 2.09. The molecule has 0 amide bonds. The molecule has 0 aliphatic carbocycles. The van der Waals surface area contributed by atoms with E-state index in [1.807, 2.05) is 0 Å². The van der Waals surface area contributed by atoms with E-state index in [1.165, 1.54) is 12.1 Å². The van der Waals surface area contributed by atoms with Crippen molar-refractivity contribution in [1.29, 1.82) is 0 Å². The highest BCUT2D eigenvalue weighted by molar-refractivity contribution is 7.13. The molecule has 16 heavy (non-hydrogen) atoms. The van der Waals surface area contributed by atoms with E-state index in [0.717, 1.165) is 12.0 Å². The molecule has 2 rings (SSSR count). The zero-order valence-corrected chi connectivity index (χ0v) is 9.97. The molecule has 0 saturated heterocycles. The molecule has 1 aliphatic rings. The predicted octanol–water partition coefficient (Wildman–Crippen LogP) is 1.26. The maximum Gasteiger partial charge on any atom is 0.126 e. The maximum absolute atomic E-state index is 13.0. The van der Waals surface area contributed by atoms with E-state index in [1.54, 1.807) is 6.07 Å². The number of hydrogen-bond acceptors (Lipinski definition) is 3. The molecule has 1 aromatic carbocycles. The van der Waals surface area contributed by atoms with Gasteiger partial charge in [-0.2, -0.15) is 0 Å². The van der Waals surface area contributed by atoms with Gasteiger partial charge in [0.1, 0.15) is 23.8 Å². The van der Waals surface area contributed by atoms with Crippen LogP contribution < -0.4 is 9.82 Å². The van der Waals surface area contributed by atoms with Crippen LogP contribution in [0.4, 0.5) is 4.39 Å². The average Bonchev–Trinajstić information content (AvgIpc) is 2.28. The van der Waals surface area contributed by atoms with Crippen molar-refractivity contribution in [3.05, 3.63) is 29.6 Å². The summed E-state index contributed by atoms with van der Waals surface area (Å²) in [5.41, 5.74) is 0.877. The Morgan fingerprint density at radius 3 is 3.19 bits per heavy atom. The number of ether oxygens (including phenoxy) is 1. The molecule has 0 radical (unpaired) electrons. The Labute approximate surface area is 96.3 Å². The third-order valence-electron chi connectivity index (χ3n) is 2.76. The summed E-state index contributed by atoms with van der Waals surface area (Å²) in [6, 6.07) is 4.49. The van der Waals surface area contributed by atoms with Gasteiger partial charge in [0.25, 0.3) is 0 Å². The molecule has 0 fully saturated rings. The number of aryl methyl sites for hydroxylation is 1. The van der Waals surface area contributed by atoms with E-state index in [0.29, 0.717) is 18.7 Å². The summed E-state index contributed by atoms with van der Waals surface area (Å²) in [5, 5.41) is 12.6. The highest BCUT2D eigenvalue weighted by Gasteiger charge is 2.25. The van der Waals surface area contributed by atoms with E-state index in [9.17, 15) is 9.50 Å². The van der Waals surface area contributed by atoms with Crippen LogP contribution in [0.3, 0.4) is 0 Å². The van der Waals surface area contributed by atoms with Crippen LogP contribution in [0.5, 0.6) is 5.75 Å². The van der Waals surface area contributed by atoms with Gasteiger partial charge in [0.15, 0.2) is 0 Å². The quantitative estimate of drug-likeness (QED) is 0.785. The second kappa shape index (κ2) is 5.09. The normalized spacial score (nSPS) is 21.1. The SMILES string of the molecule is OC(CNP)[C@H]1CCc2cc(F)ccc2O1. The lowest BCUT2D eigenvalue weighted by Crippen LogP contribution is -2.39. The minimum absolute atomic E-state index is 0.217. The fourth-order valence-electron chi connectivity index (χ4n) is 1.90. The molecule has 88 valence electrons. The fourth-order valence-corrected chi connectivity index (χ4v) is 2.14. The van der Waals surface area contributed by atoms with Gasteiger partial charge in [-0.3, -0.25) is 5.09 Å². The molecule has 1 aliphatic heterocycles. The summed E-state index contributed by atoms with van der Waals surface area (Å²) in [6.07, 6.45) is 0.692. The lowest BCUT2D eigenvalue weighted by molar-refractivity contribution is 0.0278. The summed E-state index contributed by atoms with van der Waals surface area (Å²) < 4.78 is 18.6. The van der Waals surface area contributed by atoms with E-state index in [2.05, 4.69) is 14.5 Å². The van der Waals surface area contributed by atoms with Crippen molar-refractivity contribution in [2.24, 2.45) is 0 Å². The number of benzene rings is 1. The third-order valence-corrected chi connectivity index (χ3v) is 2.99. The van der Waals surface area contributed by atoms with Crippen molar-refractivity contribution in [2.75, 3.05) is 6.54 Å². The molecule has 2 N–H and O–H groups in total. The van der Waals surface area contributed by atoms with Crippen LogP contribution in [-0.4, -0.2) is 23.9 Å². The molecular weight excluding hydrogens is 228 g/mol. The number of halogens is 1. The number of hydrogen-bond donors (Lipinski definition) is 2. The van der Waals surface area contributed by atoms with Crippen LogP contribution in [0, 0.1) is 5.82 Å². The van der Waals surface area contributed by atoms with Crippen molar-refractivity contribution >= 4 is 9.39 Å². The molecular formula is C11H15FNO2P. The number of aliphatic hydroxyl groups is 1. The van der Waals surface area contributed by atoms with Crippen LogP contribution in [0.25, 0.3) is 0 Å². The van der Waals surface area contributed by atoms with E-state index in [-0.39, 0.29) is 11.9 Å². The van der Waals surface area contributed by atoms with Crippen molar-refractivity contribution < 1.29 is 14.2 Å². The largest absolute Gasteiger partial charge is 0.487 e. The molecule has 3 atom stereocenters. The lowest BCUT2D eigenvalue weighted by Gasteiger charge is -2.29. The van der Waals surface area contributed by atoms with Gasteiger partial charge < -0.3 is 9.84 Å². The first-order chi connectivity index (χ1) is 7.70. The van der Waals surface area contributed by atoms with Crippen molar-refractivity contribution in [2.45, 2.75) is 25.0 Å². The highest BCUT2D eigenvalue weighted by Crippen LogP contribution is 2.29. The van der Waals surface area contributed by atoms with Gasteiger partial charge in [-0.15, -0.1) is 0 Å². The topological polar surface area (TPSA) is 41.5 Å². The Bertz CT molecular complexity index is 375.